The van der Waals surface area contributed by atoms with Gasteiger partial charge in [0.25, 0.3) is 0 Å². The topological polar surface area (TPSA) is 29.3 Å². The van der Waals surface area contributed by atoms with Crippen molar-refractivity contribution < 1.29 is 0 Å². The van der Waals surface area contributed by atoms with Gasteiger partial charge < -0.3 is 5.73 Å². The maximum Gasteiger partial charge on any atom is 0.0931 e. The average molecular weight is 301 g/mol. The van der Waals surface area contributed by atoms with Crippen LogP contribution >= 0.6 is 22.9 Å². The Bertz CT molecular complexity index is 385. The van der Waals surface area contributed by atoms with E-state index in [9.17, 15) is 0 Å². The highest BCUT2D eigenvalue weighted by Crippen LogP contribution is 2.34. The molecule has 1 atom stereocenters. The lowest BCUT2D eigenvalue weighted by Crippen LogP contribution is -2.42. The fraction of sp³-hybridized carbons (Fsp3) is 0.733. The van der Waals surface area contributed by atoms with Gasteiger partial charge in [-0.05, 0) is 57.7 Å². The van der Waals surface area contributed by atoms with E-state index in [2.05, 4.69) is 24.8 Å². The number of hydrogen-bond donors (Lipinski definition) is 1. The second-order valence-electron chi connectivity index (χ2n) is 5.62. The molecule has 0 aromatic carbocycles. The molecule has 0 bridgehead atoms. The molecule has 1 unspecified atom stereocenters. The van der Waals surface area contributed by atoms with Crippen molar-refractivity contribution in [1.82, 2.24) is 4.90 Å². The Hall–Kier alpha value is -0.0900. The molecule has 19 heavy (non-hydrogen) atoms. The minimum Gasteiger partial charge on any atom is -0.328 e. The van der Waals surface area contributed by atoms with Crippen LogP contribution < -0.4 is 5.73 Å². The molecule has 2 nitrogen and oxygen atoms in total. The van der Waals surface area contributed by atoms with Gasteiger partial charge in [0.15, 0.2) is 0 Å². The second-order valence-corrected chi connectivity index (χ2v) is 7.37. The van der Waals surface area contributed by atoms with Crippen molar-refractivity contribution in [3.05, 3.63) is 21.3 Å². The molecular weight excluding hydrogens is 276 g/mol. The van der Waals surface area contributed by atoms with Crippen LogP contribution in [0.3, 0.4) is 0 Å². The third-order valence-corrected chi connectivity index (χ3v) is 5.60. The summed E-state index contributed by atoms with van der Waals surface area (Å²) in [4.78, 5) is 4.04. The average Bonchev–Trinajstić information content (AvgIpc) is 2.83. The van der Waals surface area contributed by atoms with Gasteiger partial charge in [0, 0.05) is 23.0 Å². The summed E-state index contributed by atoms with van der Waals surface area (Å²) in [6.07, 6.45) is 6.02. The third-order valence-electron chi connectivity index (χ3n) is 4.20. The van der Waals surface area contributed by atoms with Crippen LogP contribution in [0.5, 0.6) is 0 Å². The van der Waals surface area contributed by atoms with Crippen LogP contribution in [0.15, 0.2) is 12.1 Å². The number of nitrogens with zero attached hydrogens (tertiary/aromatic N) is 1. The number of halogens is 1. The van der Waals surface area contributed by atoms with E-state index in [1.807, 2.05) is 6.07 Å². The molecule has 1 saturated carbocycles. The smallest absolute Gasteiger partial charge is 0.0931 e. The normalized spacial score (nSPS) is 25.7. The third kappa shape index (κ3) is 3.94. The molecule has 4 heteroatoms. The second kappa shape index (κ2) is 7.07. The van der Waals surface area contributed by atoms with Crippen LogP contribution in [0.25, 0.3) is 0 Å². The molecule has 1 heterocycles. The van der Waals surface area contributed by atoms with E-state index >= 15 is 0 Å². The molecule has 0 saturated heterocycles. The van der Waals surface area contributed by atoms with Gasteiger partial charge in [-0.3, -0.25) is 4.90 Å². The summed E-state index contributed by atoms with van der Waals surface area (Å²) >= 11 is 7.79. The lowest BCUT2D eigenvalue weighted by atomic mass is 9.90. The summed E-state index contributed by atoms with van der Waals surface area (Å²) in [7, 11) is 0. The highest BCUT2D eigenvalue weighted by atomic mass is 35.5. The van der Waals surface area contributed by atoms with Crippen molar-refractivity contribution in [2.45, 2.75) is 64.1 Å². The lowest BCUT2D eigenvalue weighted by molar-refractivity contribution is 0.109. The van der Waals surface area contributed by atoms with E-state index in [1.165, 1.54) is 37.0 Å². The predicted octanol–water partition coefficient (Wildman–Crippen LogP) is 4.44. The SMILES string of the molecule is CCCN(C1CCC(N)CC1)C(C)c1ccc(Cl)s1. The van der Waals surface area contributed by atoms with Crippen molar-refractivity contribution in [2.75, 3.05) is 6.54 Å². The van der Waals surface area contributed by atoms with Crippen molar-refractivity contribution in [1.29, 1.82) is 0 Å². The molecule has 1 aliphatic rings. The predicted molar refractivity (Wildman–Crippen MR) is 85.0 cm³/mol. The standard InChI is InChI=1S/C15H25ClN2S/c1-3-10-18(13-6-4-12(17)5-7-13)11(2)14-8-9-15(16)19-14/h8-9,11-13H,3-7,10,17H2,1-2H3. The Morgan fingerprint density at radius 1 is 1.37 bits per heavy atom. The molecule has 1 aliphatic carbocycles. The summed E-state index contributed by atoms with van der Waals surface area (Å²) in [5, 5.41) is 0. The first-order valence-electron chi connectivity index (χ1n) is 7.38. The van der Waals surface area contributed by atoms with Gasteiger partial charge in [-0.15, -0.1) is 11.3 Å². The van der Waals surface area contributed by atoms with Gasteiger partial charge in [0.2, 0.25) is 0 Å². The minimum atomic E-state index is 0.422. The molecule has 0 spiro atoms. The summed E-state index contributed by atoms with van der Waals surface area (Å²) in [5.74, 6) is 0. The Balaban J connectivity index is 2.06. The van der Waals surface area contributed by atoms with Crippen LogP contribution in [-0.4, -0.2) is 23.5 Å². The molecule has 1 fully saturated rings. The number of nitrogens with two attached hydrogens (primary N) is 1. The van der Waals surface area contributed by atoms with E-state index in [0.29, 0.717) is 18.1 Å². The lowest BCUT2D eigenvalue weighted by Gasteiger charge is -2.39. The summed E-state index contributed by atoms with van der Waals surface area (Å²) in [6, 6.07) is 5.77. The number of thiophene rings is 1. The Morgan fingerprint density at radius 3 is 2.58 bits per heavy atom. The molecule has 1 aromatic heterocycles. The van der Waals surface area contributed by atoms with Gasteiger partial charge in [-0.1, -0.05) is 18.5 Å². The van der Waals surface area contributed by atoms with Crippen LogP contribution in [0.2, 0.25) is 4.34 Å². The number of rotatable bonds is 5. The van der Waals surface area contributed by atoms with Crippen LogP contribution in [0, 0.1) is 0 Å². The van der Waals surface area contributed by atoms with E-state index in [4.69, 9.17) is 17.3 Å². The zero-order chi connectivity index (χ0) is 13.8. The number of hydrogen-bond acceptors (Lipinski definition) is 3. The quantitative estimate of drug-likeness (QED) is 0.871. The maximum atomic E-state index is 6.07. The van der Waals surface area contributed by atoms with Gasteiger partial charge in [0.05, 0.1) is 4.34 Å². The van der Waals surface area contributed by atoms with Gasteiger partial charge >= 0.3 is 0 Å². The fourth-order valence-electron chi connectivity index (χ4n) is 3.10. The molecule has 108 valence electrons. The summed E-state index contributed by atoms with van der Waals surface area (Å²) < 4.78 is 0.893. The van der Waals surface area contributed by atoms with Crippen molar-refractivity contribution in [2.24, 2.45) is 5.73 Å². The van der Waals surface area contributed by atoms with E-state index < -0.39 is 0 Å². The van der Waals surface area contributed by atoms with Crippen molar-refractivity contribution in [3.8, 4) is 0 Å². The molecular formula is C15H25ClN2S. The highest BCUT2D eigenvalue weighted by Gasteiger charge is 2.28. The minimum absolute atomic E-state index is 0.422. The first-order chi connectivity index (χ1) is 9.11. The highest BCUT2D eigenvalue weighted by molar-refractivity contribution is 7.16. The first-order valence-corrected chi connectivity index (χ1v) is 8.57. The van der Waals surface area contributed by atoms with E-state index in [1.54, 1.807) is 11.3 Å². The van der Waals surface area contributed by atoms with Gasteiger partial charge in [-0.2, -0.15) is 0 Å². The van der Waals surface area contributed by atoms with Crippen molar-refractivity contribution >= 4 is 22.9 Å². The van der Waals surface area contributed by atoms with E-state index in [-0.39, 0.29) is 0 Å². The van der Waals surface area contributed by atoms with Crippen molar-refractivity contribution in [3.63, 3.8) is 0 Å². The molecule has 0 radical (unpaired) electrons. The largest absolute Gasteiger partial charge is 0.328 e. The molecule has 2 N–H and O–H groups in total. The molecule has 0 amide bonds. The Labute approximate surface area is 125 Å². The van der Waals surface area contributed by atoms with Crippen LogP contribution in [0.4, 0.5) is 0 Å². The fourth-order valence-corrected chi connectivity index (χ4v) is 4.23. The van der Waals surface area contributed by atoms with Crippen LogP contribution in [-0.2, 0) is 0 Å². The van der Waals surface area contributed by atoms with Crippen LogP contribution in [0.1, 0.15) is 56.9 Å². The Morgan fingerprint density at radius 2 is 2.05 bits per heavy atom. The Kier molecular flexibility index (Phi) is 5.70. The summed E-state index contributed by atoms with van der Waals surface area (Å²) in [6.45, 7) is 5.73. The van der Waals surface area contributed by atoms with E-state index in [0.717, 1.165) is 10.9 Å². The zero-order valence-electron chi connectivity index (χ0n) is 11.9. The monoisotopic (exact) mass is 300 g/mol. The molecule has 0 aliphatic heterocycles. The molecule has 2 rings (SSSR count). The summed E-state index contributed by atoms with van der Waals surface area (Å²) in [5.41, 5.74) is 6.03. The van der Waals surface area contributed by atoms with Gasteiger partial charge in [0.1, 0.15) is 0 Å². The molecule has 1 aromatic rings. The van der Waals surface area contributed by atoms with Gasteiger partial charge in [-0.25, -0.2) is 0 Å². The maximum absolute atomic E-state index is 6.07. The zero-order valence-corrected chi connectivity index (χ0v) is 13.5. The first kappa shape index (κ1) is 15.3.